The number of nitrogens with zero attached hydrogens (tertiary/aromatic N) is 1. The molecule has 2 nitrogen and oxygen atoms in total. The van der Waals surface area contributed by atoms with E-state index in [1.54, 1.807) is 0 Å². The molecule has 0 spiro atoms. The lowest BCUT2D eigenvalue weighted by Gasteiger charge is -2.32. The highest BCUT2D eigenvalue weighted by molar-refractivity contribution is 5.58. The van der Waals surface area contributed by atoms with Crippen molar-refractivity contribution in [1.29, 1.82) is 0 Å². The Morgan fingerprint density at radius 1 is 1.57 bits per heavy atom. The molecular weight excluding hydrogens is 174 g/mol. The van der Waals surface area contributed by atoms with Gasteiger partial charge >= 0.3 is 0 Å². The molecule has 82 valence electrons. The first-order valence-corrected chi connectivity index (χ1v) is 5.69. The molecule has 0 radical (unpaired) electrons. The Kier molecular flexibility index (Phi) is 3.71. The predicted molar refractivity (Wildman–Crippen MR) is 59.3 cm³/mol. The molecule has 2 unspecified atom stereocenters. The molecule has 0 bridgehead atoms. The predicted octanol–water partition coefficient (Wildman–Crippen LogP) is 2.33. The van der Waals surface area contributed by atoms with Crippen molar-refractivity contribution >= 4 is 6.29 Å². The Balaban J connectivity index is 2.44. The van der Waals surface area contributed by atoms with Crippen LogP contribution in [0.1, 0.15) is 40.0 Å². The second-order valence-corrected chi connectivity index (χ2v) is 5.12. The second-order valence-electron chi connectivity index (χ2n) is 5.12. The molecule has 0 amide bonds. The van der Waals surface area contributed by atoms with Crippen molar-refractivity contribution in [3.63, 3.8) is 0 Å². The van der Waals surface area contributed by atoms with Crippen LogP contribution in [-0.2, 0) is 4.79 Å². The number of aldehydes is 1. The largest absolute Gasteiger partial charge is 0.303 e. The van der Waals surface area contributed by atoms with Crippen LogP contribution in [0.2, 0.25) is 0 Å². The Hall–Kier alpha value is -0.370. The summed E-state index contributed by atoms with van der Waals surface area (Å²) in [4.78, 5) is 13.3. The van der Waals surface area contributed by atoms with Crippen LogP contribution in [0.3, 0.4) is 0 Å². The zero-order valence-corrected chi connectivity index (χ0v) is 9.92. The molecule has 1 aliphatic rings. The first-order chi connectivity index (χ1) is 6.52. The van der Waals surface area contributed by atoms with Gasteiger partial charge in [0.05, 0.1) is 0 Å². The fraction of sp³-hybridized carbons (Fsp3) is 0.917. The molecule has 0 N–H and O–H groups in total. The van der Waals surface area contributed by atoms with Gasteiger partial charge in [0.25, 0.3) is 0 Å². The van der Waals surface area contributed by atoms with Crippen molar-refractivity contribution in [2.24, 2.45) is 11.3 Å². The molecule has 0 aromatic heterocycles. The van der Waals surface area contributed by atoms with E-state index < -0.39 is 0 Å². The van der Waals surface area contributed by atoms with E-state index in [-0.39, 0.29) is 5.41 Å². The van der Waals surface area contributed by atoms with Crippen LogP contribution in [0.5, 0.6) is 0 Å². The van der Waals surface area contributed by atoms with Crippen molar-refractivity contribution in [3.8, 4) is 0 Å². The zero-order valence-electron chi connectivity index (χ0n) is 9.92. The van der Waals surface area contributed by atoms with E-state index in [1.807, 2.05) is 0 Å². The highest BCUT2D eigenvalue weighted by Gasteiger charge is 2.33. The summed E-state index contributed by atoms with van der Waals surface area (Å²) in [5.41, 5.74) is -0.155. The van der Waals surface area contributed by atoms with Gasteiger partial charge in [-0.15, -0.1) is 0 Å². The number of hydrogen-bond donors (Lipinski definition) is 0. The lowest BCUT2D eigenvalue weighted by Crippen LogP contribution is -2.40. The van der Waals surface area contributed by atoms with Crippen molar-refractivity contribution in [2.45, 2.75) is 46.1 Å². The first-order valence-electron chi connectivity index (χ1n) is 5.69. The lowest BCUT2D eigenvalue weighted by molar-refractivity contribution is -0.116. The average Bonchev–Trinajstić information content (AvgIpc) is 2.99. The van der Waals surface area contributed by atoms with E-state index >= 15 is 0 Å². The molecule has 1 saturated carbocycles. The molecule has 2 heteroatoms. The molecule has 1 fully saturated rings. The van der Waals surface area contributed by atoms with Gasteiger partial charge < -0.3 is 9.69 Å². The fourth-order valence-corrected chi connectivity index (χ4v) is 1.88. The minimum Gasteiger partial charge on any atom is -0.303 e. The molecule has 1 aliphatic carbocycles. The van der Waals surface area contributed by atoms with Gasteiger partial charge in [-0.05, 0) is 39.2 Å². The van der Waals surface area contributed by atoms with E-state index in [0.717, 1.165) is 25.2 Å². The Morgan fingerprint density at radius 3 is 2.50 bits per heavy atom. The topological polar surface area (TPSA) is 20.3 Å². The van der Waals surface area contributed by atoms with Gasteiger partial charge in [0, 0.05) is 18.0 Å². The Bertz CT molecular complexity index is 200. The van der Waals surface area contributed by atoms with E-state index in [0.29, 0.717) is 6.04 Å². The SMILES string of the molecule is CCC(C)(C=O)CN(C)C(C)C1CC1. The highest BCUT2D eigenvalue weighted by atomic mass is 16.1. The minimum absolute atomic E-state index is 0.155. The summed E-state index contributed by atoms with van der Waals surface area (Å²) in [6, 6.07) is 0.640. The van der Waals surface area contributed by atoms with Crippen LogP contribution in [0.25, 0.3) is 0 Å². The summed E-state index contributed by atoms with van der Waals surface area (Å²) < 4.78 is 0. The maximum absolute atomic E-state index is 11.0. The molecule has 2 atom stereocenters. The molecule has 14 heavy (non-hydrogen) atoms. The van der Waals surface area contributed by atoms with Gasteiger partial charge in [-0.25, -0.2) is 0 Å². The normalized spacial score (nSPS) is 23.2. The summed E-state index contributed by atoms with van der Waals surface area (Å²) in [7, 11) is 2.14. The zero-order chi connectivity index (χ0) is 10.8. The van der Waals surface area contributed by atoms with E-state index in [9.17, 15) is 4.79 Å². The maximum Gasteiger partial charge on any atom is 0.127 e. The first kappa shape index (κ1) is 11.7. The monoisotopic (exact) mass is 197 g/mol. The Morgan fingerprint density at radius 2 is 2.14 bits per heavy atom. The van der Waals surface area contributed by atoms with Crippen LogP contribution < -0.4 is 0 Å². The molecule has 0 aromatic carbocycles. The summed E-state index contributed by atoms with van der Waals surface area (Å²) in [5, 5.41) is 0. The van der Waals surface area contributed by atoms with Gasteiger partial charge in [0.2, 0.25) is 0 Å². The third-order valence-corrected chi connectivity index (χ3v) is 3.70. The van der Waals surface area contributed by atoms with Gasteiger partial charge in [0.15, 0.2) is 0 Å². The van der Waals surface area contributed by atoms with E-state index in [1.165, 1.54) is 12.8 Å². The number of hydrogen-bond acceptors (Lipinski definition) is 2. The van der Waals surface area contributed by atoms with Crippen LogP contribution in [0.15, 0.2) is 0 Å². The lowest BCUT2D eigenvalue weighted by atomic mass is 9.88. The van der Waals surface area contributed by atoms with Crippen LogP contribution >= 0.6 is 0 Å². The maximum atomic E-state index is 11.0. The minimum atomic E-state index is -0.155. The van der Waals surface area contributed by atoms with Crippen molar-refractivity contribution < 1.29 is 4.79 Å². The van der Waals surface area contributed by atoms with Gasteiger partial charge in [-0.3, -0.25) is 0 Å². The number of carbonyl (C=O) groups excluding carboxylic acids is 1. The van der Waals surface area contributed by atoms with Crippen molar-refractivity contribution in [2.75, 3.05) is 13.6 Å². The molecule has 0 aromatic rings. The quantitative estimate of drug-likeness (QED) is 0.609. The average molecular weight is 197 g/mol. The summed E-state index contributed by atoms with van der Waals surface area (Å²) in [6.45, 7) is 7.31. The van der Waals surface area contributed by atoms with Crippen molar-refractivity contribution in [3.05, 3.63) is 0 Å². The van der Waals surface area contributed by atoms with Crippen LogP contribution in [0.4, 0.5) is 0 Å². The molecule has 1 rings (SSSR count). The molecular formula is C12H23NO. The smallest absolute Gasteiger partial charge is 0.127 e. The van der Waals surface area contributed by atoms with Crippen molar-refractivity contribution in [1.82, 2.24) is 4.90 Å². The molecule has 0 aliphatic heterocycles. The number of rotatable bonds is 6. The third kappa shape index (κ3) is 2.81. The van der Waals surface area contributed by atoms with Gasteiger partial charge in [-0.1, -0.05) is 13.8 Å². The van der Waals surface area contributed by atoms with Gasteiger partial charge in [-0.2, -0.15) is 0 Å². The van der Waals surface area contributed by atoms with Crippen LogP contribution in [0, 0.1) is 11.3 Å². The van der Waals surface area contributed by atoms with E-state index in [4.69, 9.17) is 0 Å². The molecule has 0 saturated heterocycles. The number of carbonyl (C=O) groups is 1. The molecule has 0 heterocycles. The summed E-state index contributed by atoms with van der Waals surface area (Å²) >= 11 is 0. The summed E-state index contributed by atoms with van der Waals surface area (Å²) in [6.07, 6.45) is 4.78. The highest BCUT2D eigenvalue weighted by Crippen LogP contribution is 2.35. The summed E-state index contributed by atoms with van der Waals surface area (Å²) in [5.74, 6) is 0.882. The fourth-order valence-electron chi connectivity index (χ4n) is 1.88. The second kappa shape index (κ2) is 4.43. The Labute approximate surface area is 87.7 Å². The standard InChI is InChI=1S/C12H23NO/c1-5-12(3,9-14)8-13(4)10(2)11-6-7-11/h9-11H,5-8H2,1-4H3. The third-order valence-electron chi connectivity index (χ3n) is 3.70. The van der Waals surface area contributed by atoms with E-state index in [2.05, 4.69) is 32.7 Å². The van der Waals surface area contributed by atoms with Crippen LogP contribution in [-0.4, -0.2) is 30.8 Å². The van der Waals surface area contributed by atoms with Gasteiger partial charge in [0.1, 0.15) is 6.29 Å².